The van der Waals surface area contributed by atoms with E-state index in [4.69, 9.17) is 0 Å². The Hall–Kier alpha value is -8.08. The predicted octanol–water partition coefficient (Wildman–Crippen LogP) is 14.2. The third kappa shape index (κ3) is 6.80. The van der Waals surface area contributed by atoms with Crippen LogP contribution in [0.25, 0.3) is 83.1 Å². The summed E-state index contributed by atoms with van der Waals surface area (Å²) in [7, 11) is 0. The maximum atomic E-state index is 15.8. The van der Waals surface area contributed by atoms with Crippen molar-refractivity contribution in [1.29, 1.82) is 0 Å². The molecule has 290 valence electrons. The summed E-state index contributed by atoms with van der Waals surface area (Å²) in [5, 5.41) is 2.13. The van der Waals surface area contributed by atoms with Crippen LogP contribution in [0.1, 0.15) is 15.9 Å². The Morgan fingerprint density at radius 2 is 0.836 bits per heavy atom. The molecule has 0 spiro atoms. The fraction of sp³-hybridized carbons (Fsp3) is 0.0175. The van der Waals surface area contributed by atoms with Crippen LogP contribution in [0.15, 0.2) is 218 Å². The van der Waals surface area contributed by atoms with E-state index in [0.717, 1.165) is 83.0 Å². The number of carbonyl (C=O) groups excluding carboxylic acids is 2. The summed E-state index contributed by atoms with van der Waals surface area (Å²) in [6, 6.07) is 74.2. The number of hydrogen-bond acceptors (Lipinski definition) is 2. The third-order valence-electron chi connectivity index (χ3n) is 11.6. The van der Waals surface area contributed by atoms with E-state index in [1.165, 1.54) is 4.90 Å². The van der Waals surface area contributed by atoms with Crippen molar-refractivity contribution in [2.75, 3.05) is 4.90 Å². The number of rotatable bonds is 9. The number of amides is 2. The summed E-state index contributed by atoms with van der Waals surface area (Å²) < 4.78 is 2.21. The number of imide groups is 1. The van der Waals surface area contributed by atoms with E-state index in [1.807, 2.05) is 140 Å². The molecule has 1 heterocycles. The van der Waals surface area contributed by atoms with E-state index in [-0.39, 0.29) is 0 Å². The highest BCUT2D eigenvalue weighted by atomic mass is 16.2. The van der Waals surface area contributed by atoms with Crippen LogP contribution in [0.5, 0.6) is 0 Å². The topological polar surface area (TPSA) is 42.3 Å². The maximum Gasteiger partial charge on any atom is 0.267 e. The van der Waals surface area contributed by atoms with Crippen molar-refractivity contribution in [3.05, 3.63) is 230 Å². The fourth-order valence-electron chi connectivity index (χ4n) is 8.70. The van der Waals surface area contributed by atoms with Gasteiger partial charge in [0.15, 0.2) is 0 Å². The van der Waals surface area contributed by atoms with Gasteiger partial charge in [-0.3, -0.25) is 9.59 Å². The molecule has 0 aliphatic carbocycles. The first-order chi connectivity index (χ1) is 30.1. The van der Waals surface area contributed by atoms with E-state index in [0.29, 0.717) is 23.3 Å². The highest BCUT2D eigenvalue weighted by Gasteiger charge is 2.30. The van der Waals surface area contributed by atoms with Gasteiger partial charge in [-0.1, -0.05) is 188 Å². The molecular weight excluding hydrogens is 745 g/mol. The van der Waals surface area contributed by atoms with E-state index >= 15 is 4.79 Å². The molecule has 0 unspecified atom stereocenters. The van der Waals surface area contributed by atoms with Gasteiger partial charge >= 0.3 is 0 Å². The monoisotopic (exact) mass is 784 g/mol. The third-order valence-corrected chi connectivity index (χ3v) is 11.6. The molecule has 61 heavy (non-hydrogen) atoms. The Bertz CT molecular complexity index is 3050. The molecule has 10 aromatic rings. The first-order valence-corrected chi connectivity index (χ1v) is 20.5. The van der Waals surface area contributed by atoms with Crippen LogP contribution in [0.4, 0.5) is 5.69 Å². The van der Waals surface area contributed by atoms with Gasteiger partial charge in [-0.05, 0) is 87.3 Å². The fourth-order valence-corrected chi connectivity index (χ4v) is 8.70. The van der Waals surface area contributed by atoms with Gasteiger partial charge < -0.3 is 4.57 Å². The summed E-state index contributed by atoms with van der Waals surface area (Å²) in [6.07, 6.45) is 0.682. The van der Waals surface area contributed by atoms with Crippen LogP contribution < -0.4 is 4.90 Å². The molecule has 1 aromatic heterocycles. The predicted molar refractivity (Wildman–Crippen MR) is 252 cm³/mol. The minimum absolute atomic E-state index is 0.418. The van der Waals surface area contributed by atoms with Gasteiger partial charge in [-0.25, -0.2) is 4.90 Å². The van der Waals surface area contributed by atoms with Crippen LogP contribution in [0, 0.1) is 6.92 Å². The van der Waals surface area contributed by atoms with Crippen molar-refractivity contribution in [3.8, 4) is 61.3 Å². The van der Waals surface area contributed by atoms with Gasteiger partial charge in [-0.2, -0.15) is 0 Å². The minimum Gasteiger partial charge on any atom is -0.308 e. The van der Waals surface area contributed by atoms with E-state index in [2.05, 4.69) is 89.5 Å². The first-order valence-electron chi connectivity index (χ1n) is 20.5. The zero-order valence-corrected chi connectivity index (χ0v) is 33.6. The van der Waals surface area contributed by atoms with Crippen LogP contribution in [0.2, 0.25) is 0 Å². The van der Waals surface area contributed by atoms with Gasteiger partial charge in [0, 0.05) is 21.9 Å². The van der Waals surface area contributed by atoms with Gasteiger partial charge in [0.25, 0.3) is 5.91 Å². The summed E-state index contributed by atoms with van der Waals surface area (Å²) in [5.41, 5.74) is 14.0. The molecule has 10 rings (SSSR count). The molecule has 0 aliphatic rings. The molecule has 2 amide bonds. The van der Waals surface area contributed by atoms with E-state index in [9.17, 15) is 4.79 Å². The molecule has 4 heteroatoms. The lowest BCUT2D eigenvalue weighted by atomic mass is 9.90. The van der Waals surface area contributed by atoms with Crippen LogP contribution in [0.3, 0.4) is 0 Å². The average molecular weight is 785 g/mol. The maximum absolute atomic E-state index is 15.8. The largest absolute Gasteiger partial charge is 0.308 e. The highest BCUT2D eigenvalue weighted by Crippen LogP contribution is 2.45. The lowest BCUT2D eigenvalue weighted by Crippen LogP contribution is -2.32. The minimum atomic E-state index is -0.418. The summed E-state index contributed by atoms with van der Waals surface area (Å²) in [4.78, 5) is 31.0. The Balaban J connectivity index is 1.24. The molecule has 0 saturated heterocycles. The number of nitrogens with zero attached hydrogens (tertiary/aromatic N) is 2. The van der Waals surface area contributed by atoms with Crippen molar-refractivity contribution in [2.24, 2.45) is 0 Å². The average Bonchev–Trinajstić information content (AvgIpc) is 3.65. The number of carbonyl (C=O) groups is 2. The zero-order valence-electron chi connectivity index (χ0n) is 33.6. The van der Waals surface area contributed by atoms with Gasteiger partial charge in [0.2, 0.25) is 6.41 Å². The summed E-state index contributed by atoms with van der Waals surface area (Å²) in [6.45, 7) is 1.95. The van der Waals surface area contributed by atoms with E-state index in [1.54, 1.807) is 0 Å². The Morgan fingerprint density at radius 1 is 0.426 bits per heavy atom. The summed E-state index contributed by atoms with van der Waals surface area (Å²) in [5.74, 6) is -0.418. The second kappa shape index (κ2) is 15.9. The normalized spacial score (nSPS) is 11.2. The molecule has 0 saturated carbocycles. The van der Waals surface area contributed by atoms with Crippen LogP contribution >= 0.6 is 0 Å². The van der Waals surface area contributed by atoms with Crippen molar-refractivity contribution in [2.45, 2.75) is 6.92 Å². The van der Waals surface area contributed by atoms with Gasteiger partial charge in [0.1, 0.15) is 0 Å². The molecule has 4 nitrogen and oxygen atoms in total. The van der Waals surface area contributed by atoms with Crippen molar-refractivity contribution in [3.63, 3.8) is 0 Å². The number of anilines is 1. The molecule has 0 bridgehead atoms. The zero-order chi connectivity index (χ0) is 41.3. The van der Waals surface area contributed by atoms with Crippen LogP contribution in [-0.2, 0) is 4.79 Å². The number of hydrogen-bond donors (Lipinski definition) is 0. The molecule has 9 aromatic carbocycles. The second-order valence-corrected chi connectivity index (χ2v) is 15.3. The van der Waals surface area contributed by atoms with Crippen molar-refractivity contribution < 1.29 is 9.59 Å². The molecule has 0 fully saturated rings. The standard InChI is InChI=1S/C57H40N2O2/c1-39-18-17-29-52(59-53-36-45(40-19-7-2-8-20-40)30-32-48(53)49-33-31-46(37-54(49)59)41-21-9-3-10-22-41)55(39)57(61)58(38-60)56-50(43-25-13-5-14-26-43)34-47(42-23-11-4-12-24-42)35-51(56)44-27-15-6-16-28-44/h2-38H,1H3. The molecule has 0 N–H and O–H groups in total. The lowest BCUT2D eigenvalue weighted by molar-refractivity contribution is -0.106. The van der Waals surface area contributed by atoms with Gasteiger partial charge in [-0.15, -0.1) is 0 Å². The Labute approximate surface area is 355 Å². The lowest BCUT2D eigenvalue weighted by Gasteiger charge is -2.26. The molecule has 0 radical (unpaired) electrons. The summed E-state index contributed by atoms with van der Waals surface area (Å²) >= 11 is 0. The van der Waals surface area contributed by atoms with Crippen molar-refractivity contribution in [1.82, 2.24) is 4.57 Å². The number of fused-ring (bicyclic) bond motifs is 3. The first kappa shape index (κ1) is 37.2. The molecular formula is C57H40N2O2. The highest BCUT2D eigenvalue weighted by molar-refractivity contribution is 6.22. The second-order valence-electron chi connectivity index (χ2n) is 15.3. The Morgan fingerprint density at radius 3 is 1.26 bits per heavy atom. The number of aromatic nitrogens is 1. The van der Waals surface area contributed by atoms with Gasteiger partial charge in [0.05, 0.1) is 28.0 Å². The SMILES string of the molecule is Cc1cccc(-n2c3cc(-c4ccccc4)ccc3c3ccc(-c4ccccc4)cc32)c1C(=O)N(C=O)c1c(-c2ccccc2)cc(-c2ccccc2)cc1-c1ccccc1. The quantitative estimate of drug-likeness (QED) is 0.137. The van der Waals surface area contributed by atoms with E-state index < -0.39 is 5.91 Å². The smallest absolute Gasteiger partial charge is 0.267 e. The Kier molecular flexibility index (Phi) is 9.72. The number of aryl methyl sites for hydroxylation is 1. The number of benzene rings is 9. The van der Waals surface area contributed by atoms with Crippen LogP contribution in [-0.4, -0.2) is 16.9 Å². The molecule has 0 atom stereocenters. The van der Waals surface area contributed by atoms with Crippen molar-refractivity contribution >= 4 is 39.8 Å². The molecule has 0 aliphatic heterocycles.